The molecule has 0 aliphatic carbocycles. The Bertz CT molecular complexity index is 491. The van der Waals surface area contributed by atoms with E-state index in [0.717, 1.165) is 5.56 Å². The van der Waals surface area contributed by atoms with Gasteiger partial charge in [0.1, 0.15) is 4.90 Å². The smallest absolute Gasteiger partial charge is 0.358 e. The van der Waals surface area contributed by atoms with E-state index in [0.29, 0.717) is 6.61 Å². The van der Waals surface area contributed by atoms with E-state index in [4.69, 9.17) is 4.74 Å². The summed E-state index contributed by atoms with van der Waals surface area (Å²) in [5.41, 5.74) is 0.970. The summed E-state index contributed by atoms with van der Waals surface area (Å²) in [6.45, 7) is 5.57. The second-order valence-corrected chi connectivity index (χ2v) is 4.91. The van der Waals surface area contributed by atoms with Crippen LogP contribution in [0.4, 0.5) is 0 Å². The van der Waals surface area contributed by atoms with E-state index >= 15 is 0 Å². The molecular formula is C11H15NO4S. The van der Waals surface area contributed by atoms with Crippen LogP contribution in [-0.4, -0.2) is 20.9 Å². The highest BCUT2D eigenvalue weighted by Crippen LogP contribution is 2.13. The Hall–Kier alpha value is -1.56. The van der Waals surface area contributed by atoms with Crippen LogP contribution >= 0.6 is 0 Å². The minimum absolute atomic E-state index is 0.0659. The molecule has 0 heterocycles. The number of hydrogen-bond acceptors (Lipinski definition) is 5. The number of hydrogen-bond donors (Lipinski definition) is 0. The van der Waals surface area contributed by atoms with Gasteiger partial charge in [-0.2, -0.15) is 8.42 Å². The van der Waals surface area contributed by atoms with Gasteiger partial charge in [0.05, 0.1) is 6.61 Å². The summed E-state index contributed by atoms with van der Waals surface area (Å²) >= 11 is 0. The average Bonchev–Trinajstić information content (AvgIpc) is 2.28. The van der Waals surface area contributed by atoms with Gasteiger partial charge >= 0.3 is 10.1 Å². The van der Waals surface area contributed by atoms with Crippen molar-refractivity contribution in [3.63, 3.8) is 0 Å². The predicted molar refractivity (Wildman–Crippen MR) is 64.2 cm³/mol. The topological polar surface area (TPSA) is 65.0 Å². The highest BCUT2D eigenvalue weighted by molar-refractivity contribution is 7.86. The van der Waals surface area contributed by atoms with Crippen molar-refractivity contribution < 1.29 is 17.4 Å². The largest absolute Gasteiger partial charge is 0.479 e. The fraction of sp³-hybridized carbons (Fsp3) is 0.364. The van der Waals surface area contributed by atoms with Crippen LogP contribution in [0.3, 0.4) is 0 Å². The molecule has 0 N–H and O–H groups in total. The minimum Gasteiger partial charge on any atom is -0.479 e. The summed E-state index contributed by atoms with van der Waals surface area (Å²) in [5.74, 6) is 0.170. The first-order valence-electron chi connectivity index (χ1n) is 5.13. The second-order valence-electron chi connectivity index (χ2n) is 3.39. The number of nitrogens with zero attached hydrogens (tertiary/aromatic N) is 1. The van der Waals surface area contributed by atoms with Gasteiger partial charge < -0.3 is 4.74 Å². The molecule has 0 spiro atoms. The number of benzene rings is 1. The van der Waals surface area contributed by atoms with E-state index in [1.807, 2.05) is 6.92 Å². The Labute approximate surface area is 101 Å². The molecule has 0 fully saturated rings. The summed E-state index contributed by atoms with van der Waals surface area (Å²) in [6, 6.07) is 6.32. The van der Waals surface area contributed by atoms with Crippen LogP contribution in [0.15, 0.2) is 34.3 Å². The van der Waals surface area contributed by atoms with Crippen LogP contribution in [0.5, 0.6) is 0 Å². The highest BCUT2D eigenvalue weighted by Gasteiger charge is 2.15. The first-order valence-corrected chi connectivity index (χ1v) is 6.54. The lowest BCUT2D eigenvalue weighted by molar-refractivity contribution is 0.277. The second kappa shape index (κ2) is 5.67. The first-order chi connectivity index (χ1) is 7.95. The molecule has 5 nitrogen and oxygen atoms in total. The molecule has 0 radical (unpaired) electrons. The predicted octanol–water partition coefficient (Wildman–Crippen LogP) is 2.07. The van der Waals surface area contributed by atoms with Crippen LogP contribution in [0.25, 0.3) is 0 Å². The van der Waals surface area contributed by atoms with E-state index in [1.54, 1.807) is 19.1 Å². The van der Waals surface area contributed by atoms with E-state index in [9.17, 15) is 8.42 Å². The Morgan fingerprint density at radius 2 is 1.88 bits per heavy atom. The highest BCUT2D eigenvalue weighted by atomic mass is 32.2. The third kappa shape index (κ3) is 4.07. The number of aryl methyl sites for hydroxylation is 1. The Morgan fingerprint density at radius 3 is 2.41 bits per heavy atom. The quantitative estimate of drug-likeness (QED) is 0.470. The van der Waals surface area contributed by atoms with Crippen LogP contribution in [-0.2, 0) is 19.1 Å². The molecule has 1 aromatic rings. The van der Waals surface area contributed by atoms with Crippen molar-refractivity contribution in [3.8, 4) is 0 Å². The number of rotatable bonds is 4. The Kier molecular flexibility index (Phi) is 4.51. The molecule has 17 heavy (non-hydrogen) atoms. The van der Waals surface area contributed by atoms with Crippen molar-refractivity contribution in [3.05, 3.63) is 29.8 Å². The molecule has 0 amide bonds. The normalized spacial score (nSPS) is 12.3. The van der Waals surface area contributed by atoms with Crippen molar-refractivity contribution in [2.24, 2.45) is 5.16 Å². The standard InChI is InChI=1S/C11H15NO4S/c1-4-15-10(3)12-16-17(13,14)11-7-5-9(2)6-8-11/h5-8H,4H2,1-3H3. The van der Waals surface area contributed by atoms with Gasteiger partial charge in [-0.3, -0.25) is 4.28 Å². The average molecular weight is 257 g/mol. The lowest BCUT2D eigenvalue weighted by Crippen LogP contribution is -2.06. The zero-order valence-electron chi connectivity index (χ0n) is 10.0. The summed E-state index contributed by atoms with van der Waals surface area (Å²) in [5, 5.41) is 3.39. The minimum atomic E-state index is -3.86. The molecule has 6 heteroatoms. The van der Waals surface area contributed by atoms with Gasteiger partial charge in [-0.15, -0.1) is 0 Å². The van der Waals surface area contributed by atoms with Crippen molar-refractivity contribution in [1.82, 2.24) is 0 Å². The molecule has 0 aliphatic rings. The molecule has 0 saturated heterocycles. The summed E-state index contributed by atoms with van der Waals surface area (Å²) in [4.78, 5) is 0.0659. The van der Waals surface area contributed by atoms with Gasteiger partial charge in [0.2, 0.25) is 5.90 Å². The van der Waals surface area contributed by atoms with Gasteiger partial charge in [-0.05, 0) is 31.1 Å². The van der Waals surface area contributed by atoms with Gasteiger partial charge in [0.15, 0.2) is 0 Å². The van der Waals surface area contributed by atoms with Crippen molar-refractivity contribution in [1.29, 1.82) is 0 Å². The van der Waals surface area contributed by atoms with Gasteiger partial charge in [0, 0.05) is 6.92 Å². The van der Waals surface area contributed by atoms with Crippen molar-refractivity contribution in [2.75, 3.05) is 6.61 Å². The Morgan fingerprint density at radius 1 is 1.29 bits per heavy atom. The van der Waals surface area contributed by atoms with Gasteiger partial charge in [-0.25, -0.2) is 0 Å². The van der Waals surface area contributed by atoms with E-state index in [2.05, 4.69) is 9.44 Å². The Balaban J connectivity index is 2.82. The molecule has 1 rings (SSSR count). The summed E-state index contributed by atoms with van der Waals surface area (Å²) in [6.07, 6.45) is 0. The van der Waals surface area contributed by atoms with Crippen LogP contribution in [0.1, 0.15) is 19.4 Å². The van der Waals surface area contributed by atoms with Gasteiger partial charge in [-0.1, -0.05) is 17.7 Å². The zero-order valence-corrected chi connectivity index (χ0v) is 10.8. The van der Waals surface area contributed by atoms with E-state index in [-0.39, 0.29) is 10.8 Å². The van der Waals surface area contributed by atoms with Crippen LogP contribution in [0, 0.1) is 6.92 Å². The lowest BCUT2D eigenvalue weighted by Gasteiger charge is -2.03. The molecule has 1 aromatic carbocycles. The number of ether oxygens (including phenoxy) is 1. The summed E-state index contributed by atoms with van der Waals surface area (Å²) < 4.78 is 32.8. The van der Waals surface area contributed by atoms with Crippen molar-refractivity contribution >= 4 is 16.0 Å². The third-order valence-electron chi connectivity index (χ3n) is 1.93. The third-order valence-corrected chi connectivity index (χ3v) is 3.05. The fourth-order valence-electron chi connectivity index (χ4n) is 1.08. The molecule has 0 aromatic heterocycles. The summed E-state index contributed by atoms with van der Waals surface area (Å²) in [7, 11) is -3.86. The molecule has 0 aliphatic heterocycles. The molecule has 0 atom stereocenters. The maximum Gasteiger partial charge on any atom is 0.358 e. The molecule has 0 saturated carbocycles. The molecular weight excluding hydrogens is 242 g/mol. The van der Waals surface area contributed by atoms with E-state index < -0.39 is 10.1 Å². The van der Waals surface area contributed by atoms with Crippen molar-refractivity contribution in [2.45, 2.75) is 25.7 Å². The first kappa shape index (κ1) is 13.5. The lowest BCUT2D eigenvalue weighted by atomic mass is 10.2. The molecule has 94 valence electrons. The maximum atomic E-state index is 11.7. The van der Waals surface area contributed by atoms with Crippen LogP contribution in [0.2, 0.25) is 0 Å². The van der Waals surface area contributed by atoms with E-state index in [1.165, 1.54) is 19.1 Å². The van der Waals surface area contributed by atoms with Crippen LogP contribution < -0.4 is 0 Å². The SMILES string of the molecule is CCOC(C)=NOS(=O)(=O)c1ccc(C)cc1. The maximum absolute atomic E-state index is 11.7. The monoisotopic (exact) mass is 257 g/mol. The molecule has 0 bridgehead atoms. The fourth-order valence-corrected chi connectivity index (χ4v) is 1.84. The van der Waals surface area contributed by atoms with Gasteiger partial charge in [0.25, 0.3) is 0 Å². The number of oxime groups is 1. The molecule has 0 unspecified atom stereocenters. The zero-order chi connectivity index (χ0) is 12.9.